The molecule has 0 fully saturated rings. The van der Waals surface area contributed by atoms with Gasteiger partial charge in [-0.05, 0) is 22.9 Å². The van der Waals surface area contributed by atoms with Gasteiger partial charge in [0, 0.05) is 15.7 Å². The van der Waals surface area contributed by atoms with Crippen LogP contribution in [0, 0.1) is 0 Å². The van der Waals surface area contributed by atoms with Gasteiger partial charge in [0.15, 0.2) is 0 Å². The van der Waals surface area contributed by atoms with Gasteiger partial charge in [-0.2, -0.15) is 0 Å². The Morgan fingerprint density at radius 3 is 1.94 bits per heavy atom. The van der Waals surface area contributed by atoms with Crippen LogP contribution in [0.25, 0.3) is 0 Å². The van der Waals surface area contributed by atoms with E-state index in [-0.39, 0.29) is 12.1 Å². The van der Waals surface area contributed by atoms with E-state index in [2.05, 4.69) is 0 Å². The molecule has 0 amide bonds. The summed E-state index contributed by atoms with van der Waals surface area (Å²) >= 11 is 3.07. The summed E-state index contributed by atoms with van der Waals surface area (Å²) in [6.07, 6.45) is -0.117. The van der Waals surface area contributed by atoms with Gasteiger partial charge in [-0.1, -0.05) is 12.1 Å². The smallest absolute Gasteiger partial charge is 0.324 e. The highest BCUT2D eigenvalue weighted by molar-refractivity contribution is 7.51. The first-order chi connectivity index (χ1) is 7.56. The molecule has 6 heteroatoms. The van der Waals surface area contributed by atoms with E-state index in [1.807, 2.05) is 35.0 Å². The first-order valence-corrected chi connectivity index (χ1v) is 8.23. The van der Waals surface area contributed by atoms with Crippen LogP contribution < -0.4 is 0 Å². The van der Waals surface area contributed by atoms with Gasteiger partial charge in [0.2, 0.25) is 0 Å². The van der Waals surface area contributed by atoms with Crippen molar-refractivity contribution in [3.63, 3.8) is 0 Å². The summed E-state index contributed by atoms with van der Waals surface area (Å²) < 4.78 is 11.1. The van der Waals surface area contributed by atoms with Gasteiger partial charge in [-0.15, -0.1) is 22.7 Å². The maximum absolute atomic E-state index is 11.1. The number of thiophene rings is 2. The summed E-state index contributed by atoms with van der Waals surface area (Å²) in [5.74, 6) is -0.180. The van der Waals surface area contributed by atoms with Crippen molar-refractivity contribution in [1.82, 2.24) is 0 Å². The molecular formula is C10H11O3PS2. The third kappa shape index (κ3) is 3.03. The molecule has 0 unspecified atom stereocenters. The maximum Gasteiger partial charge on any atom is 0.326 e. The molecule has 16 heavy (non-hydrogen) atoms. The molecule has 0 saturated heterocycles. The van der Waals surface area contributed by atoms with Crippen LogP contribution >= 0.6 is 30.3 Å². The van der Waals surface area contributed by atoms with Crippen molar-refractivity contribution in [2.75, 3.05) is 6.16 Å². The number of hydrogen-bond acceptors (Lipinski definition) is 3. The van der Waals surface area contributed by atoms with Crippen molar-refractivity contribution < 1.29 is 14.4 Å². The summed E-state index contributed by atoms with van der Waals surface area (Å²) in [4.78, 5) is 20.2. The second kappa shape index (κ2) is 4.82. The molecule has 0 atom stereocenters. The van der Waals surface area contributed by atoms with E-state index >= 15 is 0 Å². The summed E-state index contributed by atoms with van der Waals surface area (Å²) in [6, 6.07) is 7.65. The van der Waals surface area contributed by atoms with Gasteiger partial charge in [-0.25, -0.2) is 0 Å². The van der Waals surface area contributed by atoms with Crippen molar-refractivity contribution >= 4 is 30.3 Å². The Labute approximate surface area is 102 Å². The molecule has 0 aliphatic rings. The molecular weight excluding hydrogens is 263 g/mol. The number of rotatable bonds is 4. The van der Waals surface area contributed by atoms with Crippen LogP contribution in [0.2, 0.25) is 0 Å². The predicted octanol–water partition coefficient (Wildman–Crippen LogP) is 3.12. The SMILES string of the molecule is O=P(O)(O)CC(c1cccs1)c1cccs1. The summed E-state index contributed by atoms with van der Waals surface area (Å²) in [5.41, 5.74) is 0. The lowest BCUT2D eigenvalue weighted by Gasteiger charge is -2.14. The van der Waals surface area contributed by atoms with Crippen LogP contribution in [0.4, 0.5) is 0 Å². The van der Waals surface area contributed by atoms with Gasteiger partial charge in [0.25, 0.3) is 0 Å². The van der Waals surface area contributed by atoms with Crippen molar-refractivity contribution in [2.45, 2.75) is 5.92 Å². The molecule has 0 aliphatic heterocycles. The molecule has 2 rings (SSSR count). The van der Waals surface area contributed by atoms with Crippen LogP contribution in [-0.4, -0.2) is 15.9 Å². The molecule has 86 valence electrons. The van der Waals surface area contributed by atoms with E-state index in [9.17, 15) is 4.57 Å². The van der Waals surface area contributed by atoms with E-state index in [1.54, 1.807) is 0 Å². The highest BCUT2D eigenvalue weighted by atomic mass is 32.1. The fraction of sp³-hybridized carbons (Fsp3) is 0.200. The van der Waals surface area contributed by atoms with E-state index in [0.717, 1.165) is 9.75 Å². The second-order valence-electron chi connectivity index (χ2n) is 3.43. The minimum absolute atomic E-state index is 0.117. The standard InChI is InChI=1S/C10H11O3PS2/c11-14(12,13)7-8(9-3-1-5-15-9)10-4-2-6-16-10/h1-6,8H,7H2,(H2,11,12,13). The van der Waals surface area contributed by atoms with Gasteiger partial charge in [-0.3, -0.25) is 4.57 Å². The Kier molecular flexibility index (Phi) is 3.62. The molecule has 0 saturated carbocycles. The topological polar surface area (TPSA) is 57.5 Å². The third-order valence-corrected chi connectivity index (χ3v) is 5.01. The Morgan fingerprint density at radius 1 is 1.12 bits per heavy atom. The van der Waals surface area contributed by atoms with Gasteiger partial charge >= 0.3 is 7.60 Å². The Morgan fingerprint density at radius 2 is 1.62 bits per heavy atom. The zero-order chi connectivity index (χ0) is 11.6. The quantitative estimate of drug-likeness (QED) is 0.842. The van der Waals surface area contributed by atoms with Crippen LogP contribution in [0.5, 0.6) is 0 Å². The van der Waals surface area contributed by atoms with Crippen molar-refractivity contribution in [1.29, 1.82) is 0 Å². The predicted molar refractivity (Wildman–Crippen MR) is 67.4 cm³/mol. The Bertz CT molecular complexity index is 438. The van der Waals surface area contributed by atoms with Crippen molar-refractivity contribution in [3.8, 4) is 0 Å². The molecule has 2 aromatic rings. The molecule has 0 radical (unpaired) electrons. The monoisotopic (exact) mass is 274 g/mol. The molecule has 3 nitrogen and oxygen atoms in total. The zero-order valence-corrected chi connectivity index (χ0v) is 10.8. The van der Waals surface area contributed by atoms with Gasteiger partial charge < -0.3 is 9.79 Å². The third-order valence-electron chi connectivity index (χ3n) is 2.19. The summed E-state index contributed by atoms with van der Waals surface area (Å²) in [7, 11) is -3.99. The second-order valence-corrected chi connectivity index (χ2v) is 7.08. The molecule has 0 spiro atoms. The first-order valence-electron chi connectivity index (χ1n) is 4.67. The Balaban J connectivity index is 2.31. The number of hydrogen-bond donors (Lipinski definition) is 2. The Hall–Kier alpha value is -0.450. The fourth-order valence-electron chi connectivity index (χ4n) is 1.54. The molecule has 2 aromatic heterocycles. The van der Waals surface area contributed by atoms with E-state index in [4.69, 9.17) is 9.79 Å². The van der Waals surface area contributed by atoms with E-state index < -0.39 is 7.60 Å². The lowest BCUT2D eigenvalue weighted by atomic mass is 10.1. The molecule has 2 N–H and O–H groups in total. The van der Waals surface area contributed by atoms with Crippen molar-refractivity contribution in [2.24, 2.45) is 0 Å². The molecule has 0 aromatic carbocycles. The van der Waals surface area contributed by atoms with E-state index in [1.165, 1.54) is 22.7 Å². The summed E-state index contributed by atoms with van der Waals surface area (Å²) in [5, 5.41) is 3.85. The largest absolute Gasteiger partial charge is 0.326 e. The van der Waals surface area contributed by atoms with Crippen LogP contribution in [0.15, 0.2) is 35.0 Å². The highest BCUT2D eigenvalue weighted by Crippen LogP contribution is 2.44. The first kappa shape index (κ1) is 12.0. The average molecular weight is 274 g/mol. The maximum atomic E-state index is 11.1. The fourth-order valence-corrected chi connectivity index (χ4v) is 4.42. The molecule has 0 bridgehead atoms. The summed E-state index contributed by atoms with van der Waals surface area (Å²) in [6.45, 7) is 0. The van der Waals surface area contributed by atoms with Gasteiger partial charge in [0.05, 0.1) is 6.16 Å². The average Bonchev–Trinajstić information content (AvgIpc) is 2.86. The van der Waals surface area contributed by atoms with Crippen molar-refractivity contribution in [3.05, 3.63) is 44.8 Å². The van der Waals surface area contributed by atoms with Crippen LogP contribution in [0.1, 0.15) is 15.7 Å². The van der Waals surface area contributed by atoms with Gasteiger partial charge in [0.1, 0.15) is 0 Å². The van der Waals surface area contributed by atoms with Crippen LogP contribution in [-0.2, 0) is 4.57 Å². The highest BCUT2D eigenvalue weighted by Gasteiger charge is 2.25. The lowest BCUT2D eigenvalue weighted by molar-refractivity contribution is 0.371. The minimum atomic E-state index is -3.99. The van der Waals surface area contributed by atoms with Crippen LogP contribution in [0.3, 0.4) is 0 Å². The lowest BCUT2D eigenvalue weighted by Crippen LogP contribution is -2.03. The van der Waals surface area contributed by atoms with E-state index in [0.29, 0.717) is 0 Å². The molecule has 0 aliphatic carbocycles. The normalized spacial score (nSPS) is 12.2. The minimum Gasteiger partial charge on any atom is -0.324 e. The molecule has 2 heterocycles. The zero-order valence-electron chi connectivity index (χ0n) is 8.31.